The third kappa shape index (κ3) is 3.75. The minimum atomic E-state index is -0.861. The van der Waals surface area contributed by atoms with Crippen LogP contribution in [0.2, 0.25) is 5.15 Å². The Morgan fingerprint density at radius 2 is 2.13 bits per heavy atom. The van der Waals surface area contributed by atoms with Crippen LogP contribution in [0.15, 0.2) is 18.2 Å². The fraction of sp³-hybridized carbons (Fsp3) is 0.214. The minimum absolute atomic E-state index is 0.0616. The maximum Gasteiger partial charge on any atom is 0.244 e. The van der Waals surface area contributed by atoms with E-state index in [1.54, 1.807) is 11.8 Å². The molecule has 0 saturated heterocycles. The number of nitriles is 1. The van der Waals surface area contributed by atoms with Crippen LogP contribution in [0.4, 0.5) is 19.5 Å². The SMILES string of the molecule is CCN(CC(=O)Nc1c(F)cccc1F)c1snc(Cl)c1C#N. The van der Waals surface area contributed by atoms with Crippen LogP contribution in [0.25, 0.3) is 0 Å². The number of amides is 1. The lowest BCUT2D eigenvalue weighted by Gasteiger charge is -2.20. The van der Waals surface area contributed by atoms with Gasteiger partial charge in [0.2, 0.25) is 5.91 Å². The second kappa shape index (κ2) is 7.35. The highest BCUT2D eigenvalue weighted by Crippen LogP contribution is 2.31. The fourth-order valence-corrected chi connectivity index (χ4v) is 2.96. The molecule has 0 saturated carbocycles. The van der Waals surface area contributed by atoms with E-state index in [1.165, 1.54) is 6.07 Å². The quantitative estimate of drug-likeness (QED) is 0.891. The standard InChI is InChI=1S/C14H11ClF2N4OS/c1-2-21(14-8(6-18)13(15)20-23-14)7-11(22)19-12-9(16)4-3-5-10(12)17/h3-5H,2,7H2,1H3,(H,19,22). The summed E-state index contributed by atoms with van der Waals surface area (Å²) in [6.45, 7) is 1.96. The number of nitrogens with zero attached hydrogens (tertiary/aromatic N) is 3. The van der Waals surface area contributed by atoms with Crippen molar-refractivity contribution in [2.75, 3.05) is 23.3 Å². The molecular formula is C14H11ClF2N4OS. The van der Waals surface area contributed by atoms with E-state index < -0.39 is 23.2 Å². The number of aromatic nitrogens is 1. The summed E-state index contributed by atoms with van der Waals surface area (Å²) in [6, 6.07) is 5.23. The molecule has 0 radical (unpaired) electrons. The van der Waals surface area contributed by atoms with E-state index in [0.717, 1.165) is 23.7 Å². The molecule has 0 aliphatic carbocycles. The van der Waals surface area contributed by atoms with Gasteiger partial charge in [0, 0.05) is 6.54 Å². The van der Waals surface area contributed by atoms with Crippen molar-refractivity contribution < 1.29 is 13.6 Å². The van der Waals surface area contributed by atoms with Gasteiger partial charge >= 0.3 is 0 Å². The van der Waals surface area contributed by atoms with E-state index in [0.29, 0.717) is 11.5 Å². The molecule has 0 aliphatic heterocycles. The minimum Gasteiger partial charge on any atom is -0.352 e. The lowest BCUT2D eigenvalue weighted by molar-refractivity contribution is -0.115. The van der Waals surface area contributed by atoms with Gasteiger partial charge in [0.25, 0.3) is 0 Å². The Kier molecular flexibility index (Phi) is 5.47. The number of nitrogens with one attached hydrogen (secondary N) is 1. The van der Waals surface area contributed by atoms with Crippen LogP contribution in [-0.4, -0.2) is 23.4 Å². The molecule has 1 amide bonds. The summed E-state index contributed by atoms with van der Waals surface area (Å²) in [4.78, 5) is 13.6. The summed E-state index contributed by atoms with van der Waals surface area (Å²) in [5.41, 5.74) is -0.334. The van der Waals surface area contributed by atoms with Crippen molar-refractivity contribution in [1.29, 1.82) is 5.26 Å². The number of benzene rings is 1. The van der Waals surface area contributed by atoms with Crippen molar-refractivity contribution in [3.05, 3.63) is 40.6 Å². The third-order valence-corrected chi connectivity index (χ3v) is 4.26. The average molecular weight is 357 g/mol. The maximum absolute atomic E-state index is 13.5. The summed E-state index contributed by atoms with van der Waals surface area (Å²) in [6.07, 6.45) is 0. The zero-order valence-electron chi connectivity index (χ0n) is 11.9. The monoisotopic (exact) mass is 356 g/mol. The number of halogens is 3. The topological polar surface area (TPSA) is 69.0 Å². The van der Waals surface area contributed by atoms with Crippen molar-refractivity contribution in [1.82, 2.24) is 4.37 Å². The number of hydrogen-bond donors (Lipinski definition) is 1. The zero-order valence-corrected chi connectivity index (χ0v) is 13.5. The van der Waals surface area contributed by atoms with E-state index in [4.69, 9.17) is 16.9 Å². The largest absolute Gasteiger partial charge is 0.352 e. The van der Waals surface area contributed by atoms with Gasteiger partial charge in [0.05, 0.1) is 6.54 Å². The second-order valence-corrected chi connectivity index (χ2v) is 5.53. The summed E-state index contributed by atoms with van der Waals surface area (Å²) < 4.78 is 30.9. The van der Waals surface area contributed by atoms with Crippen molar-refractivity contribution in [3.63, 3.8) is 0 Å². The molecule has 0 unspecified atom stereocenters. The molecule has 1 aromatic carbocycles. The van der Waals surface area contributed by atoms with Gasteiger partial charge < -0.3 is 10.2 Å². The molecule has 1 N–H and O–H groups in total. The molecule has 5 nitrogen and oxygen atoms in total. The number of para-hydroxylation sites is 1. The van der Waals surface area contributed by atoms with Crippen molar-refractivity contribution in [2.45, 2.75) is 6.92 Å². The first kappa shape index (κ1) is 17.1. The molecule has 0 bridgehead atoms. The smallest absolute Gasteiger partial charge is 0.244 e. The fourth-order valence-electron chi connectivity index (χ4n) is 1.87. The maximum atomic E-state index is 13.5. The number of hydrogen-bond acceptors (Lipinski definition) is 5. The van der Waals surface area contributed by atoms with Crippen molar-refractivity contribution in [2.24, 2.45) is 0 Å². The lowest BCUT2D eigenvalue weighted by atomic mass is 10.3. The molecule has 0 aliphatic rings. The first-order valence-electron chi connectivity index (χ1n) is 6.52. The first-order valence-corrected chi connectivity index (χ1v) is 7.67. The average Bonchev–Trinajstić information content (AvgIpc) is 2.89. The molecule has 2 rings (SSSR count). The van der Waals surface area contributed by atoms with E-state index >= 15 is 0 Å². The molecule has 0 fully saturated rings. The Labute approximate surface area is 140 Å². The van der Waals surface area contributed by atoms with Crippen LogP contribution in [-0.2, 0) is 4.79 Å². The van der Waals surface area contributed by atoms with Gasteiger partial charge in [-0.05, 0) is 30.6 Å². The Hall–Kier alpha value is -2.24. The zero-order chi connectivity index (χ0) is 17.0. The molecule has 1 aromatic heterocycles. The summed E-state index contributed by atoms with van der Waals surface area (Å²) in [5.74, 6) is -2.34. The summed E-state index contributed by atoms with van der Waals surface area (Å²) in [5, 5.41) is 11.8. The molecule has 120 valence electrons. The Morgan fingerprint density at radius 1 is 1.48 bits per heavy atom. The van der Waals surface area contributed by atoms with E-state index in [9.17, 15) is 13.6 Å². The Balaban J connectivity index is 2.16. The number of anilines is 2. The molecule has 23 heavy (non-hydrogen) atoms. The van der Waals surface area contributed by atoms with Gasteiger partial charge in [-0.25, -0.2) is 8.78 Å². The summed E-state index contributed by atoms with van der Waals surface area (Å²) >= 11 is 6.79. The molecule has 0 spiro atoms. The van der Waals surface area contributed by atoms with Gasteiger partial charge in [-0.15, -0.1) is 0 Å². The van der Waals surface area contributed by atoms with Gasteiger partial charge in [0.15, 0.2) is 5.15 Å². The molecule has 2 aromatic rings. The summed E-state index contributed by atoms with van der Waals surface area (Å²) in [7, 11) is 0. The predicted molar refractivity (Wildman–Crippen MR) is 84.7 cm³/mol. The Bertz CT molecular complexity index is 754. The number of carbonyl (C=O) groups is 1. The van der Waals surface area contributed by atoms with Crippen molar-refractivity contribution in [3.8, 4) is 6.07 Å². The molecule has 0 atom stereocenters. The molecule has 1 heterocycles. The van der Waals surface area contributed by atoms with Gasteiger partial charge in [-0.1, -0.05) is 17.7 Å². The van der Waals surface area contributed by atoms with Crippen LogP contribution in [0.1, 0.15) is 12.5 Å². The van der Waals surface area contributed by atoms with Gasteiger partial charge in [-0.2, -0.15) is 9.64 Å². The normalized spacial score (nSPS) is 10.2. The number of likely N-dealkylation sites (N-methyl/N-ethyl adjacent to an activating group) is 1. The van der Waals surface area contributed by atoms with Gasteiger partial charge in [0.1, 0.15) is 34.0 Å². The van der Waals surface area contributed by atoms with Crippen LogP contribution >= 0.6 is 23.1 Å². The highest BCUT2D eigenvalue weighted by molar-refractivity contribution is 7.10. The highest BCUT2D eigenvalue weighted by Gasteiger charge is 2.20. The molecular weight excluding hydrogens is 346 g/mol. The number of rotatable bonds is 5. The number of carbonyl (C=O) groups excluding carboxylic acids is 1. The van der Waals surface area contributed by atoms with E-state index in [2.05, 4.69) is 9.69 Å². The van der Waals surface area contributed by atoms with Gasteiger partial charge in [-0.3, -0.25) is 4.79 Å². The molecule has 9 heteroatoms. The Morgan fingerprint density at radius 3 is 2.70 bits per heavy atom. The van der Waals surface area contributed by atoms with E-state index in [1.807, 2.05) is 6.07 Å². The highest BCUT2D eigenvalue weighted by atomic mass is 35.5. The van der Waals surface area contributed by atoms with Crippen LogP contribution in [0.3, 0.4) is 0 Å². The van der Waals surface area contributed by atoms with E-state index in [-0.39, 0.29) is 17.3 Å². The first-order chi connectivity index (χ1) is 11.0. The lowest BCUT2D eigenvalue weighted by Crippen LogP contribution is -2.33. The predicted octanol–water partition coefficient (Wildman–Crippen LogP) is 3.41. The third-order valence-electron chi connectivity index (χ3n) is 2.97. The van der Waals surface area contributed by atoms with Crippen molar-refractivity contribution >= 4 is 39.7 Å². The second-order valence-electron chi connectivity index (χ2n) is 4.42. The van der Waals surface area contributed by atoms with Crippen LogP contribution < -0.4 is 10.2 Å². The van der Waals surface area contributed by atoms with Crippen LogP contribution in [0, 0.1) is 23.0 Å². The van der Waals surface area contributed by atoms with Crippen LogP contribution in [0.5, 0.6) is 0 Å².